The van der Waals surface area contributed by atoms with Gasteiger partial charge in [0.1, 0.15) is 11.5 Å². The Labute approximate surface area is 185 Å². The van der Waals surface area contributed by atoms with E-state index in [9.17, 15) is 9.59 Å². The fourth-order valence-corrected chi connectivity index (χ4v) is 4.24. The smallest absolute Gasteiger partial charge is 0.343 e. The zero-order valence-corrected chi connectivity index (χ0v) is 18.7. The summed E-state index contributed by atoms with van der Waals surface area (Å²) in [5, 5.41) is 0. The number of carbonyl (C=O) groups excluding carboxylic acids is 2. The first kappa shape index (κ1) is 21.4. The first-order chi connectivity index (χ1) is 13.9. The van der Waals surface area contributed by atoms with Crippen LogP contribution in [0.2, 0.25) is 0 Å². The zero-order valence-electron chi connectivity index (χ0n) is 15.5. The SMILES string of the molecule is COC(=O)COc1ccc(Br)cc1/C=C1/SC(=S)N(c2ccccc2OC)C1=O. The fraction of sp³-hybridized carbons (Fsp3) is 0.150. The molecule has 0 atom stereocenters. The average molecular weight is 494 g/mol. The quantitative estimate of drug-likeness (QED) is 0.335. The van der Waals surface area contributed by atoms with E-state index in [0.29, 0.717) is 32.0 Å². The number of ether oxygens (including phenoxy) is 3. The van der Waals surface area contributed by atoms with Gasteiger partial charge in [-0.15, -0.1) is 0 Å². The Balaban J connectivity index is 1.93. The lowest BCUT2D eigenvalue weighted by Gasteiger charge is -2.17. The van der Waals surface area contributed by atoms with Crippen molar-refractivity contribution in [1.82, 2.24) is 0 Å². The van der Waals surface area contributed by atoms with Crippen molar-refractivity contribution in [2.45, 2.75) is 0 Å². The summed E-state index contributed by atoms with van der Waals surface area (Å²) < 4.78 is 16.7. The van der Waals surface area contributed by atoms with Crippen LogP contribution in [0.15, 0.2) is 51.8 Å². The van der Waals surface area contributed by atoms with Crippen molar-refractivity contribution in [2.24, 2.45) is 0 Å². The number of hydrogen-bond acceptors (Lipinski definition) is 7. The maximum Gasteiger partial charge on any atom is 0.343 e. The molecular weight excluding hydrogens is 478 g/mol. The molecule has 0 aliphatic carbocycles. The van der Waals surface area contributed by atoms with Crippen LogP contribution in [0.3, 0.4) is 0 Å². The minimum absolute atomic E-state index is 0.235. The monoisotopic (exact) mass is 493 g/mol. The topological polar surface area (TPSA) is 65.1 Å². The molecule has 0 unspecified atom stereocenters. The van der Waals surface area contributed by atoms with Crippen molar-refractivity contribution in [3.05, 3.63) is 57.4 Å². The second kappa shape index (κ2) is 9.43. The lowest BCUT2D eigenvalue weighted by molar-refractivity contribution is -0.142. The lowest BCUT2D eigenvalue weighted by atomic mass is 10.2. The normalized spacial score (nSPS) is 15.0. The summed E-state index contributed by atoms with van der Waals surface area (Å²) in [4.78, 5) is 26.3. The summed E-state index contributed by atoms with van der Waals surface area (Å²) in [6.45, 7) is -0.235. The highest BCUT2D eigenvalue weighted by Crippen LogP contribution is 2.40. The van der Waals surface area contributed by atoms with Crippen molar-refractivity contribution < 1.29 is 23.8 Å². The summed E-state index contributed by atoms with van der Waals surface area (Å²) in [5.74, 6) is 0.237. The lowest BCUT2D eigenvalue weighted by Crippen LogP contribution is -2.27. The van der Waals surface area contributed by atoms with Gasteiger partial charge in [0.15, 0.2) is 10.9 Å². The third-order valence-corrected chi connectivity index (χ3v) is 5.75. The number of para-hydroxylation sites is 2. The van der Waals surface area contributed by atoms with E-state index in [2.05, 4.69) is 20.7 Å². The molecule has 0 saturated carbocycles. The number of rotatable bonds is 6. The molecule has 1 amide bonds. The van der Waals surface area contributed by atoms with E-state index in [4.69, 9.17) is 21.7 Å². The number of halogens is 1. The molecule has 1 heterocycles. The first-order valence-corrected chi connectivity index (χ1v) is 10.4. The first-order valence-electron chi connectivity index (χ1n) is 8.34. The molecule has 2 aromatic rings. The minimum Gasteiger partial charge on any atom is -0.495 e. The molecule has 2 aromatic carbocycles. The second-order valence-electron chi connectivity index (χ2n) is 5.74. The zero-order chi connectivity index (χ0) is 21.0. The van der Waals surface area contributed by atoms with Gasteiger partial charge in [0.2, 0.25) is 0 Å². The standard InChI is InChI=1S/C20H16BrNO5S2/c1-25-16-6-4-3-5-14(16)22-19(24)17(29-20(22)28)10-12-9-13(21)7-8-15(12)27-11-18(23)26-2/h3-10H,11H2,1-2H3/b17-10+. The number of esters is 1. The van der Waals surface area contributed by atoms with Crippen molar-refractivity contribution >= 4 is 67.9 Å². The van der Waals surface area contributed by atoms with Crippen LogP contribution in [0.25, 0.3) is 6.08 Å². The van der Waals surface area contributed by atoms with Crippen molar-refractivity contribution in [2.75, 3.05) is 25.7 Å². The molecule has 1 fully saturated rings. The summed E-state index contributed by atoms with van der Waals surface area (Å²) in [7, 11) is 2.83. The van der Waals surface area contributed by atoms with Crippen LogP contribution in [0.1, 0.15) is 5.56 Å². The number of nitrogens with zero attached hydrogens (tertiary/aromatic N) is 1. The molecule has 0 radical (unpaired) electrons. The Hall–Kier alpha value is -2.36. The molecule has 0 bridgehead atoms. The molecule has 6 nitrogen and oxygen atoms in total. The van der Waals surface area contributed by atoms with Gasteiger partial charge in [0.25, 0.3) is 5.91 Å². The molecule has 0 aromatic heterocycles. The molecule has 150 valence electrons. The molecule has 1 aliphatic rings. The van der Waals surface area contributed by atoms with E-state index in [1.165, 1.54) is 23.8 Å². The highest BCUT2D eigenvalue weighted by atomic mass is 79.9. The number of anilines is 1. The molecule has 0 N–H and O–H groups in total. The highest BCUT2D eigenvalue weighted by Gasteiger charge is 2.35. The number of carbonyl (C=O) groups is 2. The van der Waals surface area contributed by atoms with E-state index in [0.717, 1.165) is 4.47 Å². The maximum absolute atomic E-state index is 13.1. The van der Waals surface area contributed by atoms with E-state index in [-0.39, 0.29) is 12.5 Å². The molecule has 0 spiro atoms. The summed E-state index contributed by atoms with van der Waals surface area (Å²) >= 11 is 10.0. The van der Waals surface area contributed by atoms with E-state index >= 15 is 0 Å². The summed E-state index contributed by atoms with van der Waals surface area (Å²) in [5.41, 5.74) is 1.21. The van der Waals surface area contributed by atoms with Crippen LogP contribution in [-0.4, -0.2) is 37.0 Å². The average Bonchev–Trinajstić information content (AvgIpc) is 2.99. The summed E-state index contributed by atoms with van der Waals surface area (Å²) in [6.07, 6.45) is 1.69. The fourth-order valence-electron chi connectivity index (χ4n) is 2.59. The number of amides is 1. The van der Waals surface area contributed by atoms with Gasteiger partial charge in [-0.2, -0.15) is 0 Å². The molecule has 3 rings (SSSR count). The summed E-state index contributed by atoms with van der Waals surface area (Å²) in [6, 6.07) is 12.5. The van der Waals surface area contributed by atoms with Crippen molar-refractivity contribution in [3.63, 3.8) is 0 Å². The van der Waals surface area contributed by atoms with Crippen LogP contribution in [0, 0.1) is 0 Å². The Morgan fingerprint density at radius 1 is 1.21 bits per heavy atom. The van der Waals surface area contributed by atoms with Crippen LogP contribution in [0.5, 0.6) is 11.5 Å². The predicted octanol–water partition coefficient (Wildman–Crippen LogP) is 4.42. The molecule has 9 heteroatoms. The Morgan fingerprint density at radius 3 is 2.69 bits per heavy atom. The molecule has 1 saturated heterocycles. The Bertz CT molecular complexity index is 1010. The number of hydrogen-bond donors (Lipinski definition) is 0. The number of thioether (sulfide) groups is 1. The van der Waals surface area contributed by atoms with Crippen LogP contribution in [0.4, 0.5) is 5.69 Å². The minimum atomic E-state index is -0.499. The molecular formula is C20H16BrNO5S2. The van der Waals surface area contributed by atoms with E-state index in [1.807, 2.05) is 12.1 Å². The number of methoxy groups -OCH3 is 2. The van der Waals surface area contributed by atoms with Gasteiger partial charge >= 0.3 is 5.97 Å². The van der Waals surface area contributed by atoms with Gasteiger partial charge in [0, 0.05) is 10.0 Å². The van der Waals surface area contributed by atoms with E-state index < -0.39 is 5.97 Å². The molecule has 29 heavy (non-hydrogen) atoms. The Kier molecular flexibility index (Phi) is 6.94. The van der Waals surface area contributed by atoms with E-state index in [1.54, 1.807) is 43.5 Å². The van der Waals surface area contributed by atoms with Gasteiger partial charge in [-0.05, 0) is 36.4 Å². The second-order valence-corrected chi connectivity index (χ2v) is 8.33. The predicted molar refractivity (Wildman–Crippen MR) is 120 cm³/mol. The third-order valence-electron chi connectivity index (χ3n) is 3.95. The third kappa shape index (κ3) is 4.80. The largest absolute Gasteiger partial charge is 0.495 e. The van der Waals surface area contributed by atoms with Gasteiger partial charge in [-0.3, -0.25) is 9.69 Å². The number of thiocarbonyl (C=S) groups is 1. The Morgan fingerprint density at radius 2 is 1.97 bits per heavy atom. The van der Waals surface area contributed by atoms with Crippen LogP contribution < -0.4 is 14.4 Å². The van der Waals surface area contributed by atoms with Gasteiger partial charge in [0.05, 0.1) is 24.8 Å². The highest BCUT2D eigenvalue weighted by molar-refractivity contribution is 9.10. The van der Waals surface area contributed by atoms with Crippen molar-refractivity contribution in [1.29, 1.82) is 0 Å². The van der Waals surface area contributed by atoms with Crippen LogP contribution >= 0.6 is 39.9 Å². The van der Waals surface area contributed by atoms with Crippen molar-refractivity contribution in [3.8, 4) is 11.5 Å². The van der Waals surface area contributed by atoms with Gasteiger partial charge in [-0.1, -0.05) is 52.0 Å². The van der Waals surface area contributed by atoms with Gasteiger partial charge < -0.3 is 14.2 Å². The number of benzene rings is 2. The van der Waals surface area contributed by atoms with Crippen LogP contribution in [-0.2, 0) is 14.3 Å². The van der Waals surface area contributed by atoms with Gasteiger partial charge in [-0.25, -0.2) is 4.79 Å². The maximum atomic E-state index is 13.1. The molecule has 1 aliphatic heterocycles.